The van der Waals surface area contributed by atoms with Crippen molar-refractivity contribution in [2.45, 2.75) is 70.1 Å². The number of carbonyl (C=O) groups excluding carboxylic acids is 3. The molecule has 0 radical (unpaired) electrons. The highest BCUT2D eigenvalue weighted by atomic mass is 35.5. The quantitative estimate of drug-likeness (QED) is 0.188. The lowest BCUT2D eigenvalue weighted by atomic mass is 9.92. The average Bonchev–Trinajstić information content (AvgIpc) is 3.55. The summed E-state index contributed by atoms with van der Waals surface area (Å²) in [6, 6.07) is 8.28. The van der Waals surface area contributed by atoms with Crippen LogP contribution in [-0.2, 0) is 35.0 Å². The highest BCUT2D eigenvalue weighted by Crippen LogP contribution is 2.34. The summed E-state index contributed by atoms with van der Waals surface area (Å²) in [5, 5.41) is 21.3. The highest BCUT2D eigenvalue weighted by molar-refractivity contribution is 6.33. The molecule has 3 aromatic heterocycles. The Morgan fingerprint density at radius 1 is 1.11 bits per heavy atom. The van der Waals surface area contributed by atoms with Crippen molar-refractivity contribution in [3.05, 3.63) is 63.5 Å². The Balaban J connectivity index is 1.07. The third-order valence-corrected chi connectivity index (χ3v) is 10.4. The van der Waals surface area contributed by atoms with Crippen LogP contribution in [-0.4, -0.2) is 76.9 Å². The van der Waals surface area contributed by atoms with Crippen LogP contribution < -0.4 is 26.1 Å². The van der Waals surface area contributed by atoms with Gasteiger partial charge in [-0.2, -0.15) is 10.1 Å². The summed E-state index contributed by atoms with van der Waals surface area (Å²) in [4.78, 5) is 63.4. The number of piperidine rings is 2. The van der Waals surface area contributed by atoms with Gasteiger partial charge in [-0.3, -0.25) is 33.5 Å². The molecule has 53 heavy (non-hydrogen) atoms. The maximum absolute atomic E-state index is 15.4. The van der Waals surface area contributed by atoms with Gasteiger partial charge in [0.15, 0.2) is 11.6 Å². The van der Waals surface area contributed by atoms with Crippen molar-refractivity contribution in [1.29, 1.82) is 0 Å². The number of hydrogen-bond acceptors (Lipinski definition) is 10. The first-order valence-corrected chi connectivity index (χ1v) is 17.7. The third-order valence-electron chi connectivity index (χ3n) is 10.1. The summed E-state index contributed by atoms with van der Waals surface area (Å²) < 4.78 is 19.8. The van der Waals surface area contributed by atoms with E-state index in [1.54, 1.807) is 43.6 Å². The first-order valence-electron chi connectivity index (χ1n) is 17.3. The molecule has 0 spiro atoms. The van der Waals surface area contributed by atoms with Gasteiger partial charge in [0.25, 0.3) is 0 Å². The molecule has 2 aliphatic heterocycles. The maximum atomic E-state index is 15.4. The normalized spacial score (nSPS) is 18.3. The molecule has 3 N–H and O–H groups in total. The molecule has 1 unspecified atom stereocenters. The largest absolute Gasteiger partial charge is 0.390 e. The molecule has 7 rings (SSSR count). The second-order valence-electron chi connectivity index (χ2n) is 14.4. The van der Waals surface area contributed by atoms with Gasteiger partial charge in [-0.15, -0.1) is 0 Å². The van der Waals surface area contributed by atoms with Gasteiger partial charge in [0.1, 0.15) is 10.5 Å². The summed E-state index contributed by atoms with van der Waals surface area (Å²) in [5.41, 5.74) is 1.47. The van der Waals surface area contributed by atoms with E-state index < -0.39 is 23.0 Å². The number of fused-ring (bicyclic) bond motifs is 2. The number of hydrogen-bond donors (Lipinski definition) is 3. The minimum atomic E-state index is -1.02. The van der Waals surface area contributed by atoms with Crippen molar-refractivity contribution in [3.63, 3.8) is 0 Å². The van der Waals surface area contributed by atoms with Crippen molar-refractivity contribution < 1.29 is 23.9 Å². The van der Waals surface area contributed by atoms with E-state index in [9.17, 15) is 24.3 Å². The second kappa shape index (κ2) is 13.6. The number of benzene rings is 2. The van der Waals surface area contributed by atoms with E-state index in [2.05, 4.69) is 25.7 Å². The zero-order chi connectivity index (χ0) is 37.9. The number of anilines is 4. The predicted octanol–water partition coefficient (Wildman–Crippen LogP) is 3.87. The lowest BCUT2D eigenvalue weighted by molar-refractivity contribution is -0.134. The molecule has 5 heterocycles. The number of aromatic nitrogens is 6. The fourth-order valence-electron chi connectivity index (χ4n) is 7.16. The van der Waals surface area contributed by atoms with Gasteiger partial charge in [-0.25, -0.2) is 14.2 Å². The van der Waals surface area contributed by atoms with E-state index in [1.165, 1.54) is 28.4 Å². The van der Waals surface area contributed by atoms with Crippen molar-refractivity contribution in [3.8, 4) is 0 Å². The van der Waals surface area contributed by atoms with Crippen molar-refractivity contribution >= 4 is 74.4 Å². The number of halogens is 2. The van der Waals surface area contributed by atoms with Gasteiger partial charge < -0.3 is 20.2 Å². The third kappa shape index (κ3) is 6.83. The fraction of sp³-hybridized carbons (Fsp3) is 0.417. The van der Waals surface area contributed by atoms with Crippen molar-refractivity contribution in [1.82, 2.24) is 34.2 Å². The molecule has 2 fully saturated rings. The molecule has 5 aromatic rings. The zero-order valence-electron chi connectivity index (χ0n) is 30.0. The molecular weight excluding hydrogens is 707 g/mol. The summed E-state index contributed by atoms with van der Waals surface area (Å²) in [6.45, 7) is 3.91. The molecule has 3 amide bonds. The van der Waals surface area contributed by atoms with E-state index in [-0.39, 0.29) is 65.9 Å². The molecule has 2 atom stereocenters. The molecule has 17 heteroatoms. The Morgan fingerprint density at radius 2 is 1.89 bits per heavy atom. The van der Waals surface area contributed by atoms with Crippen LogP contribution in [0, 0.1) is 5.82 Å². The second-order valence-corrected chi connectivity index (χ2v) is 14.8. The van der Waals surface area contributed by atoms with Gasteiger partial charge in [0.2, 0.25) is 23.7 Å². The molecule has 2 saturated heterocycles. The summed E-state index contributed by atoms with van der Waals surface area (Å²) in [6.07, 6.45) is 3.16. The van der Waals surface area contributed by atoms with Crippen LogP contribution >= 0.6 is 11.6 Å². The summed E-state index contributed by atoms with van der Waals surface area (Å²) in [5.74, 6) is -1.34. The first-order chi connectivity index (χ1) is 25.1. The number of imide groups is 1. The van der Waals surface area contributed by atoms with Gasteiger partial charge in [0, 0.05) is 69.9 Å². The van der Waals surface area contributed by atoms with Crippen LogP contribution in [0.4, 0.5) is 27.5 Å². The number of imidazole rings is 1. The Bertz CT molecular complexity index is 2360. The van der Waals surface area contributed by atoms with Crippen molar-refractivity contribution in [2.75, 3.05) is 28.7 Å². The average molecular weight is 747 g/mol. The van der Waals surface area contributed by atoms with Crippen LogP contribution in [0.2, 0.25) is 5.02 Å². The molecular formula is C36H40ClFN10O5. The molecule has 0 saturated carbocycles. The van der Waals surface area contributed by atoms with Gasteiger partial charge in [-0.05, 0) is 63.4 Å². The highest BCUT2D eigenvalue weighted by Gasteiger charge is 2.34. The Hall–Kier alpha value is -5.35. The maximum Gasteiger partial charge on any atom is 0.328 e. The molecule has 0 aliphatic carbocycles. The monoisotopic (exact) mass is 746 g/mol. The lowest BCUT2D eigenvalue weighted by Gasteiger charge is -2.36. The molecule has 2 aliphatic rings. The van der Waals surface area contributed by atoms with Crippen LogP contribution in [0.25, 0.3) is 21.9 Å². The van der Waals surface area contributed by atoms with Crippen LogP contribution in [0.15, 0.2) is 41.3 Å². The van der Waals surface area contributed by atoms with Gasteiger partial charge in [0.05, 0.1) is 34.4 Å². The van der Waals surface area contributed by atoms with Gasteiger partial charge >= 0.3 is 5.69 Å². The topological polar surface area (TPSA) is 173 Å². The number of nitrogens with zero attached hydrogens (tertiary/aromatic N) is 8. The van der Waals surface area contributed by atoms with Gasteiger partial charge in [-0.1, -0.05) is 11.6 Å². The summed E-state index contributed by atoms with van der Waals surface area (Å²) in [7, 11) is 5.09. The lowest BCUT2D eigenvalue weighted by Crippen LogP contribution is -2.47. The standard InChI is InChI=1S/C36H40ClFN10O5/c1-36(2,53)11-13-48-27-15-19(14-25(38)31(27)45(4)35(48)52)40-32-24(37)18-39-34(42-32)44(3)20-10-12-47(29(50)17-20)21-6-7-22-26(16-21)46(5)43-30(22)23-8-9-28(49)41-33(23)51/h6-7,14-16,18,20,23,53H,8-13,17H2,1-5H3,(H,39,40,42)(H,41,49,51)/t20-,23?/m0/s1. The summed E-state index contributed by atoms with van der Waals surface area (Å²) >= 11 is 6.49. The van der Waals surface area contributed by atoms with E-state index in [1.807, 2.05) is 23.1 Å². The van der Waals surface area contributed by atoms with E-state index >= 15 is 4.39 Å². The van der Waals surface area contributed by atoms with E-state index in [4.69, 9.17) is 11.6 Å². The smallest absolute Gasteiger partial charge is 0.328 e. The molecule has 0 bridgehead atoms. The van der Waals surface area contributed by atoms with E-state index in [0.717, 1.165) is 10.9 Å². The zero-order valence-corrected chi connectivity index (χ0v) is 30.7. The predicted molar refractivity (Wildman–Crippen MR) is 198 cm³/mol. The number of carbonyl (C=O) groups is 3. The Morgan fingerprint density at radius 3 is 2.60 bits per heavy atom. The Kier molecular flexibility index (Phi) is 9.22. The van der Waals surface area contributed by atoms with Crippen LogP contribution in [0.1, 0.15) is 57.6 Å². The number of aryl methyl sites for hydroxylation is 3. The number of aliphatic hydroxyl groups is 1. The fourth-order valence-corrected chi connectivity index (χ4v) is 7.30. The number of nitrogens with one attached hydrogen (secondary N) is 2. The SMILES string of the molecule is CN(c1ncc(Cl)c(Nc2cc(F)c3c(c2)n(CCC(C)(C)O)c(=O)n3C)n1)[C@H]1CCN(c2ccc3c(C4CCC(=O)NC4=O)nn(C)c3c2)C(=O)C1. The number of amides is 3. The first kappa shape index (κ1) is 36.0. The molecule has 278 valence electrons. The molecule has 2 aromatic carbocycles. The number of rotatable bonds is 9. The minimum absolute atomic E-state index is 0.0883. The Labute approximate surface area is 308 Å². The van der Waals surface area contributed by atoms with Crippen molar-refractivity contribution in [2.24, 2.45) is 14.1 Å². The minimum Gasteiger partial charge on any atom is -0.390 e. The van der Waals surface area contributed by atoms with Crippen LogP contribution in [0.5, 0.6) is 0 Å². The van der Waals surface area contributed by atoms with E-state index in [0.29, 0.717) is 47.9 Å². The molecule has 15 nitrogen and oxygen atoms in total. The van der Waals surface area contributed by atoms with Crippen LogP contribution in [0.3, 0.4) is 0 Å².